The Bertz CT molecular complexity index is 952. The van der Waals surface area contributed by atoms with E-state index < -0.39 is 0 Å². The van der Waals surface area contributed by atoms with Gasteiger partial charge in [-0.05, 0) is 29.8 Å². The van der Waals surface area contributed by atoms with E-state index in [0.29, 0.717) is 12.4 Å². The molecule has 1 aromatic heterocycles. The molecule has 0 aliphatic carbocycles. The lowest BCUT2D eigenvalue weighted by Crippen LogP contribution is -2.26. The molecule has 0 aliphatic heterocycles. The number of halogens is 1. The van der Waals surface area contributed by atoms with Crippen LogP contribution in [0.25, 0.3) is 5.69 Å². The van der Waals surface area contributed by atoms with Gasteiger partial charge in [-0.15, -0.1) is 0 Å². The molecule has 0 saturated carbocycles. The van der Waals surface area contributed by atoms with E-state index in [1.54, 1.807) is 19.2 Å². The second-order valence-corrected chi connectivity index (χ2v) is 6.13. The van der Waals surface area contributed by atoms with E-state index in [1.165, 1.54) is 34.7 Å². The van der Waals surface area contributed by atoms with E-state index in [4.69, 9.17) is 0 Å². The monoisotopic (exact) mass is 366 g/mol. The first-order chi connectivity index (χ1) is 12.9. The standard InChI is InChI=1S/C20H19FN4O2/c1-14(26)22-19-12-18(23-25(19)17-6-4-3-5-7-17)20(27)24(2)13-15-8-10-16(21)11-9-15/h3-12H,13H2,1-2H3,(H,22,26). The average molecular weight is 366 g/mol. The Hall–Kier alpha value is -3.48. The Balaban J connectivity index is 1.86. The van der Waals surface area contributed by atoms with Gasteiger partial charge >= 0.3 is 0 Å². The summed E-state index contributed by atoms with van der Waals surface area (Å²) in [6, 6.07) is 16.7. The zero-order chi connectivity index (χ0) is 19.4. The average Bonchev–Trinajstić information content (AvgIpc) is 3.06. The second-order valence-electron chi connectivity index (χ2n) is 6.13. The lowest BCUT2D eigenvalue weighted by atomic mass is 10.2. The quantitative estimate of drug-likeness (QED) is 0.754. The third kappa shape index (κ3) is 4.38. The predicted molar refractivity (Wildman–Crippen MR) is 100 cm³/mol. The van der Waals surface area contributed by atoms with E-state index in [2.05, 4.69) is 10.4 Å². The van der Waals surface area contributed by atoms with Crippen molar-refractivity contribution in [3.05, 3.63) is 77.7 Å². The van der Waals surface area contributed by atoms with Gasteiger partial charge in [-0.1, -0.05) is 30.3 Å². The summed E-state index contributed by atoms with van der Waals surface area (Å²) in [5.74, 6) is -0.479. The van der Waals surface area contributed by atoms with Crippen LogP contribution in [-0.2, 0) is 11.3 Å². The van der Waals surface area contributed by atoms with Gasteiger partial charge in [-0.25, -0.2) is 9.07 Å². The number of amides is 2. The van der Waals surface area contributed by atoms with Crippen molar-refractivity contribution in [1.29, 1.82) is 0 Å². The fraction of sp³-hybridized carbons (Fsp3) is 0.150. The summed E-state index contributed by atoms with van der Waals surface area (Å²) in [6.07, 6.45) is 0. The number of para-hydroxylation sites is 1. The maximum Gasteiger partial charge on any atom is 0.274 e. The minimum absolute atomic E-state index is 0.201. The molecule has 0 unspecified atom stereocenters. The smallest absolute Gasteiger partial charge is 0.274 e. The molecule has 1 heterocycles. The third-order valence-corrected chi connectivity index (χ3v) is 3.91. The fourth-order valence-corrected chi connectivity index (χ4v) is 2.65. The van der Waals surface area contributed by atoms with Crippen molar-refractivity contribution >= 4 is 17.6 Å². The molecule has 3 aromatic rings. The number of aromatic nitrogens is 2. The Kier molecular flexibility index (Phi) is 5.30. The molecule has 3 rings (SSSR count). The Morgan fingerprint density at radius 3 is 2.41 bits per heavy atom. The number of anilines is 1. The number of hydrogen-bond acceptors (Lipinski definition) is 3. The van der Waals surface area contributed by atoms with E-state index >= 15 is 0 Å². The number of rotatable bonds is 5. The van der Waals surface area contributed by atoms with Gasteiger partial charge in [0.2, 0.25) is 5.91 Å². The Morgan fingerprint density at radius 1 is 1.11 bits per heavy atom. The van der Waals surface area contributed by atoms with Gasteiger partial charge in [0.25, 0.3) is 5.91 Å². The predicted octanol–water partition coefficient (Wildman–Crippen LogP) is 3.24. The van der Waals surface area contributed by atoms with Gasteiger partial charge in [0, 0.05) is 26.6 Å². The largest absolute Gasteiger partial charge is 0.336 e. The molecule has 138 valence electrons. The molecule has 6 nitrogen and oxygen atoms in total. The van der Waals surface area contributed by atoms with Crippen LogP contribution in [0.3, 0.4) is 0 Å². The molecule has 2 amide bonds. The normalized spacial score (nSPS) is 10.5. The number of hydrogen-bond donors (Lipinski definition) is 1. The van der Waals surface area contributed by atoms with Crippen LogP contribution in [0.5, 0.6) is 0 Å². The van der Waals surface area contributed by atoms with Crippen LogP contribution in [0.2, 0.25) is 0 Å². The first-order valence-corrected chi connectivity index (χ1v) is 8.37. The molecule has 7 heteroatoms. The number of carbonyl (C=O) groups excluding carboxylic acids is 2. The summed E-state index contributed by atoms with van der Waals surface area (Å²) >= 11 is 0. The van der Waals surface area contributed by atoms with Crippen molar-refractivity contribution in [1.82, 2.24) is 14.7 Å². The molecule has 0 fully saturated rings. The minimum Gasteiger partial charge on any atom is -0.336 e. The van der Waals surface area contributed by atoms with Gasteiger partial charge < -0.3 is 10.2 Å². The summed E-state index contributed by atoms with van der Waals surface area (Å²) in [7, 11) is 1.64. The van der Waals surface area contributed by atoms with E-state index in [-0.39, 0.29) is 23.3 Å². The van der Waals surface area contributed by atoms with Crippen LogP contribution in [0.15, 0.2) is 60.7 Å². The minimum atomic E-state index is -0.325. The van der Waals surface area contributed by atoms with Gasteiger partial charge in [0.05, 0.1) is 5.69 Å². The van der Waals surface area contributed by atoms with Crippen LogP contribution in [0.1, 0.15) is 23.0 Å². The lowest BCUT2D eigenvalue weighted by Gasteiger charge is -2.15. The van der Waals surface area contributed by atoms with E-state index in [1.807, 2.05) is 30.3 Å². The van der Waals surface area contributed by atoms with Gasteiger partial charge in [0.1, 0.15) is 11.6 Å². The molecule has 0 aliphatic rings. The lowest BCUT2D eigenvalue weighted by molar-refractivity contribution is -0.114. The number of nitrogens with zero attached hydrogens (tertiary/aromatic N) is 3. The van der Waals surface area contributed by atoms with Gasteiger partial charge in [-0.2, -0.15) is 5.10 Å². The van der Waals surface area contributed by atoms with Crippen LogP contribution in [0, 0.1) is 5.82 Å². The van der Waals surface area contributed by atoms with Crippen molar-refractivity contribution in [3.63, 3.8) is 0 Å². The molecule has 27 heavy (non-hydrogen) atoms. The van der Waals surface area contributed by atoms with Crippen LogP contribution in [-0.4, -0.2) is 33.5 Å². The molecule has 0 bridgehead atoms. The summed E-state index contributed by atoms with van der Waals surface area (Å²) in [5.41, 5.74) is 1.73. The van der Waals surface area contributed by atoms with Crippen molar-refractivity contribution in [2.24, 2.45) is 0 Å². The third-order valence-electron chi connectivity index (χ3n) is 3.91. The highest BCUT2D eigenvalue weighted by molar-refractivity contribution is 5.95. The van der Waals surface area contributed by atoms with Crippen LogP contribution in [0.4, 0.5) is 10.2 Å². The molecule has 0 saturated heterocycles. The highest BCUT2D eigenvalue weighted by Crippen LogP contribution is 2.19. The highest BCUT2D eigenvalue weighted by atomic mass is 19.1. The maximum absolute atomic E-state index is 13.0. The van der Waals surface area contributed by atoms with Crippen molar-refractivity contribution in [3.8, 4) is 5.69 Å². The summed E-state index contributed by atoms with van der Waals surface area (Å²) < 4.78 is 14.5. The zero-order valence-corrected chi connectivity index (χ0v) is 15.0. The van der Waals surface area contributed by atoms with Crippen molar-refractivity contribution in [2.75, 3.05) is 12.4 Å². The van der Waals surface area contributed by atoms with Gasteiger partial charge in [-0.3, -0.25) is 9.59 Å². The van der Waals surface area contributed by atoms with Crippen LogP contribution < -0.4 is 5.32 Å². The first-order valence-electron chi connectivity index (χ1n) is 8.37. The topological polar surface area (TPSA) is 67.2 Å². The fourth-order valence-electron chi connectivity index (χ4n) is 2.65. The summed E-state index contributed by atoms with van der Waals surface area (Å²) in [6.45, 7) is 1.71. The molecule has 2 aromatic carbocycles. The van der Waals surface area contributed by atoms with Crippen LogP contribution >= 0.6 is 0 Å². The summed E-state index contributed by atoms with van der Waals surface area (Å²) in [5, 5.41) is 7.05. The number of benzene rings is 2. The number of carbonyl (C=O) groups is 2. The molecule has 0 atom stereocenters. The highest BCUT2D eigenvalue weighted by Gasteiger charge is 2.19. The maximum atomic E-state index is 13.0. The molecular formula is C20H19FN4O2. The van der Waals surface area contributed by atoms with Crippen molar-refractivity contribution < 1.29 is 14.0 Å². The molecule has 0 spiro atoms. The SMILES string of the molecule is CC(=O)Nc1cc(C(=O)N(C)Cc2ccc(F)cc2)nn1-c1ccccc1. The molecule has 0 radical (unpaired) electrons. The Morgan fingerprint density at radius 2 is 1.78 bits per heavy atom. The van der Waals surface area contributed by atoms with Crippen molar-refractivity contribution in [2.45, 2.75) is 13.5 Å². The molecule has 1 N–H and O–H groups in total. The molecular weight excluding hydrogens is 347 g/mol. The Labute approximate surface area is 156 Å². The number of nitrogens with one attached hydrogen (secondary N) is 1. The second kappa shape index (κ2) is 7.82. The van der Waals surface area contributed by atoms with E-state index in [0.717, 1.165) is 11.3 Å². The zero-order valence-electron chi connectivity index (χ0n) is 15.0. The van der Waals surface area contributed by atoms with E-state index in [9.17, 15) is 14.0 Å². The first kappa shape index (κ1) is 18.3. The van der Waals surface area contributed by atoms with Gasteiger partial charge in [0.15, 0.2) is 5.69 Å². The summed E-state index contributed by atoms with van der Waals surface area (Å²) in [4.78, 5) is 25.8.